The van der Waals surface area contributed by atoms with E-state index in [1.807, 2.05) is 18.2 Å². The van der Waals surface area contributed by atoms with Crippen molar-refractivity contribution in [2.24, 2.45) is 0 Å². The molecule has 3 aromatic rings. The van der Waals surface area contributed by atoms with E-state index in [-0.39, 0.29) is 22.8 Å². The molecular weight excluding hydrogens is 534 g/mol. The highest BCUT2D eigenvalue weighted by atomic mass is 35.5. The average Bonchev–Trinajstić information content (AvgIpc) is 3.52. The van der Waals surface area contributed by atoms with E-state index in [4.69, 9.17) is 21.3 Å². The van der Waals surface area contributed by atoms with E-state index < -0.39 is 12.0 Å². The third-order valence-electron chi connectivity index (χ3n) is 9.68. The van der Waals surface area contributed by atoms with Gasteiger partial charge in [-0.2, -0.15) is 9.97 Å². The number of piperazine rings is 1. The van der Waals surface area contributed by atoms with Crippen LogP contribution in [0.4, 0.5) is 14.6 Å². The zero-order chi connectivity index (χ0) is 27.0. The first-order valence-corrected chi connectivity index (χ1v) is 15.0. The van der Waals surface area contributed by atoms with Crippen LogP contribution in [0.1, 0.15) is 56.4 Å². The lowest BCUT2D eigenvalue weighted by atomic mass is 9.95. The van der Waals surface area contributed by atoms with Gasteiger partial charge in [-0.3, -0.25) is 9.88 Å². The molecule has 0 radical (unpaired) electrons. The van der Waals surface area contributed by atoms with Gasteiger partial charge in [-0.15, -0.1) is 0 Å². The fourth-order valence-electron chi connectivity index (χ4n) is 7.66. The first kappa shape index (κ1) is 25.1. The number of nitrogens with zero attached hydrogens (tertiary/aromatic N) is 5. The maximum absolute atomic E-state index is 16.5. The van der Waals surface area contributed by atoms with Crippen LogP contribution in [0.15, 0.2) is 24.4 Å². The van der Waals surface area contributed by atoms with E-state index >= 15 is 4.39 Å². The number of nitrogens with one attached hydrogen (secondary N) is 1. The number of hydrogen-bond donors (Lipinski definition) is 1. The standard InChI is InChI=1S/C30H33ClF2N6O/c31-23-4-1-3-21(24(23)17-5-6-17)26-25(33)27-22(12-34-26)28(38-14-19-7-8-20(15-38)35-19)37-29(36-27)40-16-30-9-2-10-39(30)13-18(32)11-30/h1,3-4,12,17-20,35H,2,5-11,13-16H2/t18-,19?,20?,30?/m1/s1. The van der Waals surface area contributed by atoms with Gasteiger partial charge in [-0.1, -0.05) is 23.7 Å². The van der Waals surface area contributed by atoms with Crippen LogP contribution >= 0.6 is 11.6 Å². The Morgan fingerprint density at radius 2 is 1.93 bits per heavy atom. The predicted molar refractivity (Wildman–Crippen MR) is 150 cm³/mol. The fraction of sp³-hybridized carbons (Fsp3) is 0.567. The summed E-state index contributed by atoms with van der Waals surface area (Å²) in [7, 11) is 0. The third kappa shape index (κ3) is 4.15. The van der Waals surface area contributed by atoms with E-state index in [2.05, 4.69) is 25.1 Å². The van der Waals surface area contributed by atoms with Crippen molar-refractivity contribution >= 4 is 28.3 Å². The lowest BCUT2D eigenvalue weighted by Gasteiger charge is -2.34. The van der Waals surface area contributed by atoms with Gasteiger partial charge in [0.15, 0.2) is 5.82 Å². The van der Waals surface area contributed by atoms with E-state index in [9.17, 15) is 4.39 Å². The van der Waals surface area contributed by atoms with Gasteiger partial charge in [-0.05, 0) is 62.6 Å². The number of ether oxygens (including phenoxy) is 1. The second-order valence-electron chi connectivity index (χ2n) is 12.4. The van der Waals surface area contributed by atoms with Crippen molar-refractivity contribution in [3.05, 3.63) is 40.8 Å². The number of anilines is 1. The summed E-state index contributed by atoms with van der Waals surface area (Å²) in [6.07, 6.45) is 7.54. The molecule has 2 aromatic heterocycles. The van der Waals surface area contributed by atoms with E-state index in [1.165, 1.54) is 0 Å². The van der Waals surface area contributed by atoms with Crippen LogP contribution in [0.5, 0.6) is 6.01 Å². The first-order valence-electron chi connectivity index (χ1n) is 14.7. The maximum atomic E-state index is 16.5. The molecule has 10 heteroatoms. The Kier molecular flexibility index (Phi) is 5.94. The lowest BCUT2D eigenvalue weighted by molar-refractivity contribution is 0.107. The topological polar surface area (TPSA) is 66.4 Å². The van der Waals surface area contributed by atoms with Crippen LogP contribution < -0.4 is 15.0 Å². The molecule has 4 atom stereocenters. The summed E-state index contributed by atoms with van der Waals surface area (Å²) in [5, 5.41) is 4.88. The maximum Gasteiger partial charge on any atom is 0.319 e. The number of fused-ring (bicyclic) bond motifs is 4. The summed E-state index contributed by atoms with van der Waals surface area (Å²) >= 11 is 6.59. The molecule has 2 bridgehead atoms. The predicted octanol–water partition coefficient (Wildman–Crippen LogP) is 5.26. The molecule has 7 nitrogen and oxygen atoms in total. The normalized spacial score (nSPS) is 29.9. The lowest BCUT2D eigenvalue weighted by Crippen LogP contribution is -2.51. The third-order valence-corrected chi connectivity index (χ3v) is 10.0. The molecule has 4 saturated heterocycles. The average molecular weight is 567 g/mol. The van der Waals surface area contributed by atoms with Gasteiger partial charge in [0.2, 0.25) is 0 Å². The van der Waals surface area contributed by atoms with Gasteiger partial charge in [0.1, 0.15) is 29.8 Å². The molecule has 1 N–H and O–H groups in total. The molecule has 210 valence electrons. The van der Waals surface area contributed by atoms with E-state index in [0.717, 1.165) is 69.3 Å². The van der Waals surface area contributed by atoms with Gasteiger partial charge in [0.05, 0.1) is 10.9 Å². The van der Waals surface area contributed by atoms with Crippen molar-refractivity contribution < 1.29 is 13.5 Å². The number of rotatable bonds is 6. The Labute approximate surface area is 237 Å². The Morgan fingerprint density at radius 3 is 2.73 bits per heavy atom. The van der Waals surface area contributed by atoms with Crippen molar-refractivity contribution in [1.82, 2.24) is 25.2 Å². The largest absolute Gasteiger partial charge is 0.461 e. The Balaban J connectivity index is 1.22. The van der Waals surface area contributed by atoms with Gasteiger partial charge >= 0.3 is 6.01 Å². The number of halogens is 3. The number of hydrogen-bond acceptors (Lipinski definition) is 7. The van der Waals surface area contributed by atoms with Gasteiger partial charge in [0, 0.05) is 54.9 Å². The molecule has 6 heterocycles. The molecule has 8 rings (SSSR count). The molecule has 5 fully saturated rings. The van der Waals surface area contributed by atoms with E-state index in [0.29, 0.717) is 53.8 Å². The van der Waals surface area contributed by atoms with Crippen molar-refractivity contribution in [2.75, 3.05) is 37.7 Å². The van der Waals surface area contributed by atoms with Crippen molar-refractivity contribution in [3.63, 3.8) is 0 Å². The molecule has 0 amide bonds. The van der Waals surface area contributed by atoms with Crippen molar-refractivity contribution in [2.45, 2.75) is 74.7 Å². The number of aromatic nitrogens is 3. The van der Waals surface area contributed by atoms with Crippen LogP contribution in [-0.4, -0.2) is 76.4 Å². The first-order chi connectivity index (χ1) is 19.5. The van der Waals surface area contributed by atoms with Gasteiger partial charge in [0.25, 0.3) is 0 Å². The minimum Gasteiger partial charge on any atom is -0.461 e. The van der Waals surface area contributed by atoms with Crippen LogP contribution in [0.3, 0.4) is 0 Å². The molecule has 0 spiro atoms. The summed E-state index contributed by atoms with van der Waals surface area (Å²) in [4.78, 5) is 18.6. The molecule has 4 aliphatic heterocycles. The summed E-state index contributed by atoms with van der Waals surface area (Å²) < 4.78 is 37.2. The van der Waals surface area contributed by atoms with Crippen LogP contribution in [0.25, 0.3) is 22.2 Å². The van der Waals surface area contributed by atoms with Gasteiger partial charge < -0.3 is 15.0 Å². The number of pyridine rings is 1. The number of benzene rings is 1. The van der Waals surface area contributed by atoms with Crippen LogP contribution in [-0.2, 0) is 0 Å². The second-order valence-corrected chi connectivity index (χ2v) is 12.8. The molecule has 40 heavy (non-hydrogen) atoms. The zero-order valence-corrected chi connectivity index (χ0v) is 23.1. The molecule has 1 aromatic carbocycles. The Hall–Kier alpha value is -2.62. The van der Waals surface area contributed by atoms with Crippen molar-refractivity contribution in [1.29, 1.82) is 0 Å². The minimum atomic E-state index is -0.849. The molecule has 1 saturated carbocycles. The quantitative estimate of drug-likeness (QED) is 0.437. The number of alkyl halides is 1. The monoisotopic (exact) mass is 566 g/mol. The summed E-state index contributed by atoms with van der Waals surface area (Å²) in [5.74, 6) is 0.496. The van der Waals surface area contributed by atoms with Crippen molar-refractivity contribution in [3.8, 4) is 17.3 Å². The van der Waals surface area contributed by atoms with Crippen LogP contribution in [0, 0.1) is 5.82 Å². The molecular formula is C30H33ClF2N6O. The Bertz CT molecular complexity index is 1470. The highest BCUT2D eigenvalue weighted by Gasteiger charge is 2.49. The van der Waals surface area contributed by atoms with Crippen LogP contribution in [0.2, 0.25) is 5.02 Å². The summed E-state index contributed by atoms with van der Waals surface area (Å²) in [5.41, 5.74) is 1.80. The zero-order valence-electron chi connectivity index (χ0n) is 22.4. The van der Waals surface area contributed by atoms with Gasteiger partial charge in [-0.25, -0.2) is 8.78 Å². The molecule has 1 aliphatic carbocycles. The smallest absolute Gasteiger partial charge is 0.319 e. The summed E-state index contributed by atoms with van der Waals surface area (Å²) in [6.45, 7) is 3.19. The fourth-order valence-corrected chi connectivity index (χ4v) is 7.99. The molecule has 3 unspecified atom stereocenters. The SMILES string of the molecule is Fc1c(-c2cccc(Cl)c2C2CC2)ncc2c(N3CC4CCC(C3)N4)nc(OCC34CCCN3C[C@H](F)C4)nc12. The summed E-state index contributed by atoms with van der Waals surface area (Å²) in [6, 6.07) is 6.50. The Morgan fingerprint density at radius 1 is 1.10 bits per heavy atom. The highest BCUT2D eigenvalue weighted by Crippen LogP contribution is 2.48. The molecule has 5 aliphatic rings. The second kappa shape index (κ2) is 9.46. The minimum absolute atomic E-state index is 0.140. The van der Waals surface area contributed by atoms with E-state index in [1.54, 1.807) is 6.20 Å². The highest BCUT2D eigenvalue weighted by molar-refractivity contribution is 6.31.